The third kappa shape index (κ3) is 4.38. The van der Waals surface area contributed by atoms with Crippen molar-refractivity contribution in [2.24, 2.45) is 0 Å². The van der Waals surface area contributed by atoms with Gasteiger partial charge in [-0.2, -0.15) is 0 Å². The lowest BCUT2D eigenvalue weighted by Crippen LogP contribution is -2.09. The summed E-state index contributed by atoms with van der Waals surface area (Å²) in [6, 6.07) is 32.8. The molecule has 214 valence electrons. The summed E-state index contributed by atoms with van der Waals surface area (Å²) in [4.78, 5) is 5.33. The molecule has 0 amide bonds. The molecule has 0 aliphatic heterocycles. The number of aromatic nitrogens is 2. The average Bonchev–Trinajstić information content (AvgIpc) is 3.56. The van der Waals surface area contributed by atoms with Gasteiger partial charge in [0.2, 0.25) is 0 Å². The summed E-state index contributed by atoms with van der Waals surface area (Å²) in [5.74, 6) is 1.52. The Balaban J connectivity index is 1.61. The number of hydrogen-bond acceptors (Lipinski definition) is 2. The zero-order valence-electron chi connectivity index (χ0n) is 26.1. The van der Waals surface area contributed by atoms with Crippen LogP contribution in [0.3, 0.4) is 0 Å². The van der Waals surface area contributed by atoms with Gasteiger partial charge >= 0.3 is 0 Å². The van der Waals surface area contributed by atoms with Crippen molar-refractivity contribution in [2.75, 3.05) is 0 Å². The summed E-state index contributed by atoms with van der Waals surface area (Å²) in [6.07, 6.45) is 0. The Morgan fingerprint density at radius 2 is 1.33 bits per heavy atom. The predicted molar refractivity (Wildman–Crippen MR) is 182 cm³/mol. The minimum Gasteiger partial charge on any atom is -0.455 e. The summed E-state index contributed by atoms with van der Waals surface area (Å²) < 4.78 is 9.15. The molecule has 0 radical (unpaired) electrons. The minimum atomic E-state index is 0.306. The first-order valence-electron chi connectivity index (χ1n) is 15.4. The van der Waals surface area contributed by atoms with Crippen LogP contribution in [0.25, 0.3) is 61.2 Å². The number of furan rings is 1. The number of benzene rings is 5. The van der Waals surface area contributed by atoms with Crippen LogP contribution in [0, 0.1) is 20.8 Å². The zero-order valence-corrected chi connectivity index (χ0v) is 26.1. The minimum absolute atomic E-state index is 0.306. The van der Waals surface area contributed by atoms with Crippen LogP contribution in [-0.2, 0) is 0 Å². The molecule has 7 rings (SSSR count). The van der Waals surface area contributed by atoms with E-state index in [-0.39, 0.29) is 0 Å². The number of aryl methyl sites for hydroxylation is 3. The summed E-state index contributed by atoms with van der Waals surface area (Å²) >= 11 is 0. The standard InChI is InChI=1S/C40H38N2O/c1-23(2)31-21-29(28-13-9-8-10-14-28)22-32(24(3)4)38(31)42-34-16-12-11-15-33(34)41-40(42)30-18-17-26(6)37-36-27(7)19-25(5)20-35(36)43-39(30)37/h8-24H,1-7H3. The fourth-order valence-corrected chi connectivity index (χ4v) is 6.76. The zero-order chi connectivity index (χ0) is 30.0. The third-order valence-electron chi connectivity index (χ3n) is 8.82. The fourth-order valence-electron chi connectivity index (χ4n) is 6.76. The van der Waals surface area contributed by atoms with E-state index in [9.17, 15) is 0 Å². The van der Waals surface area contributed by atoms with Gasteiger partial charge in [-0.1, -0.05) is 82.3 Å². The van der Waals surface area contributed by atoms with Crippen LogP contribution in [0.4, 0.5) is 0 Å². The number of rotatable bonds is 5. The van der Waals surface area contributed by atoms with Crippen molar-refractivity contribution in [1.29, 1.82) is 0 Å². The van der Waals surface area contributed by atoms with Crippen LogP contribution >= 0.6 is 0 Å². The van der Waals surface area contributed by atoms with E-state index in [1.165, 1.54) is 55.4 Å². The van der Waals surface area contributed by atoms with Gasteiger partial charge in [0.05, 0.1) is 22.3 Å². The molecule has 0 saturated carbocycles. The second kappa shape index (κ2) is 10.3. The SMILES string of the molecule is Cc1cc(C)c2c(c1)oc1c(-c3nc4ccccc4n3-c3c(C(C)C)cc(-c4ccccc4)cc3C(C)C)ccc(C)c12. The molecule has 0 saturated heterocycles. The highest BCUT2D eigenvalue weighted by molar-refractivity contribution is 6.12. The molecule has 0 aliphatic carbocycles. The van der Waals surface area contributed by atoms with Crippen LogP contribution in [0.2, 0.25) is 0 Å². The average molecular weight is 563 g/mol. The molecule has 7 aromatic rings. The molecule has 0 spiro atoms. The van der Waals surface area contributed by atoms with Crippen molar-refractivity contribution < 1.29 is 4.42 Å². The molecular formula is C40H38N2O. The second-order valence-electron chi connectivity index (χ2n) is 12.6. The van der Waals surface area contributed by atoms with Crippen LogP contribution in [0.1, 0.15) is 67.3 Å². The maximum atomic E-state index is 6.75. The van der Waals surface area contributed by atoms with E-state index in [4.69, 9.17) is 9.40 Å². The van der Waals surface area contributed by atoms with Crippen molar-refractivity contribution in [2.45, 2.75) is 60.3 Å². The highest BCUT2D eigenvalue weighted by atomic mass is 16.3. The maximum Gasteiger partial charge on any atom is 0.149 e. The molecule has 0 N–H and O–H groups in total. The Morgan fingerprint density at radius 3 is 2.02 bits per heavy atom. The number of imidazole rings is 1. The van der Waals surface area contributed by atoms with Crippen LogP contribution in [0.5, 0.6) is 0 Å². The van der Waals surface area contributed by atoms with Crippen LogP contribution < -0.4 is 0 Å². The Morgan fingerprint density at radius 1 is 0.651 bits per heavy atom. The van der Waals surface area contributed by atoms with Gasteiger partial charge in [0.15, 0.2) is 0 Å². The molecular weight excluding hydrogens is 524 g/mol. The van der Waals surface area contributed by atoms with E-state index in [0.717, 1.165) is 33.6 Å². The van der Waals surface area contributed by atoms with Gasteiger partial charge in [-0.25, -0.2) is 4.98 Å². The van der Waals surface area contributed by atoms with Gasteiger partial charge < -0.3 is 4.42 Å². The first-order valence-corrected chi connectivity index (χ1v) is 15.4. The van der Waals surface area contributed by atoms with Crippen molar-refractivity contribution >= 4 is 33.0 Å². The fraction of sp³-hybridized carbons (Fsp3) is 0.225. The highest BCUT2D eigenvalue weighted by Crippen LogP contribution is 2.43. The van der Waals surface area contributed by atoms with E-state index >= 15 is 0 Å². The summed E-state index contributed by atoms with van der Waals surface area (Å²) in [5.41, 5.74) is 14.9. The molecule has 2 heterocycles. The quantitative estimate of drug-likeness (QED) is 0.209. The van der Waals surface area contributed by atoms with Crippen molar-refractivity contribution in [1.82, 2.24) is 9.55 Å². The van der Waals surface area contributed by atoms with Gasteiger partial charge in [0, 0.05) is 10.8 Å². The van der Waals surface area contributed by atoms with Gasteiger partial charge in [-0.3, -0.25) is 4.57 Å². The summed E-state index contributed by atoms with van der Waals surface area (Å²) in [7, 11) is 0. The van der Waals surface area contributed by atoms with Gasteiger partial charge in [0.1, 0.15) is 17.0 Å². The lowest BCUT2D eigenvalue weighted by atomic mass is 9.88. The third-order valence-corrected chi connectivity index (χ3v) is 8.82. The Kier molecular flexibility index (Phi) is 6.50. The molecule has 5 aromatic carbocycles. The molecule has 0 bridgehead atoms. The number of fused-ring (bicyclic) bond motifs is 4. The molecule has 2 aromatic heterocycles. The van der Waals surface area contributed by atoms with E-state index in [0.29, 0.717) is 11.8 Å². The molecule has 0 fully saturated rings. The second-order valence-corrected chi connectivity index (χ2v) is 12.6. The Bertz CT molecular complexity index is 2130. The molecule has 0 aliphatic rings. The van der Waals surface area contributed by atoms with Crippen molar-refractivity contribution in [3.05, 3.63) is 119 Å². The lowest BCUT2D eigenvalue weighted by Gasteiger charge is -2.24. The molecule has 43 heavy (non-hydrogen) atoms. The highest BCUT2D eigenvalue weighted by Gasteiger charge is 2.26. The topological polar surface area (TPSA) is 31.0 Å². The van der Waals surface area contributed by atoms with Gasteiger partial charge in [-0.15, -0.1) is 0 Å². The van der Waals surface area contributed by atoms with Crippen molar-refractivity contribution in [3.63, 3.8) is 0 Å². The predicted octanol–water partition coefficient (Wildman–Crippen LogP) is 11.4. The lowest BCUT2D eigenvalue weighted by molar-refractivity contribution is 0.668. The molecule has 0 unspecified atom stereocenters. The first kappa shape index (κ1) is 27.2. The van der Waals surface area contributed by atoms with Crippen molar-refractivity contribution in [3.8, 4) is 28.2 Å². The molecule has 3 heteroatoms. The van der Waals surface area contributed by atoms with E-state index in [2.05, 4.69) is 144 Å². The van der Waals surface area contributed by atoms with E-state index in [1.807, 2.05) is 0 Å². The first-order chi connectivity index (χ1) is 20.7. The normalized spacial score (nSPS) is 12.0. The molecule has 3 nitrogen and oxygen atoms in total. The van der Waals surface area contributed by atoms with Crippen LogP contribution in [0.15, 0.2) is 95.4 Å². The van der Waals surface area contributed by atoms with Gasteiger partial charge in [0.25, 0.3) is 0 Å². The summed E-state index contributed by atoms with van der Waals surface area (Å²) in [5, 5.41) is 2.37. The molecule has 0 atom stereocenters. The summed E-state index contributed by atoms with van der Waals surface area (Å²) in [6.45, 7) is 15.7. The van der Waals surface area contributed by atoms with Gasteiger partial charge in [-0.05, 0) is 108 Å². The Labute approximate surface area is 253 Å². The van der Waals surface area contributed by atoms with Crippen LogP contribution in [-0.4, -0.2) is 9.55 Å². The maximum absolute atomic E-state index is 6.75. The number of para-hydroxylation sites is 2. The van der Waals surface area contributed by atoms with E-state index in [1.54, 1.807) is 0 Å². The monoisotopic (exact) mass is 562 g/mol. The Hall–Kier alpha value is -4.63. The smallest absolute Gasteiger partial charge is 0.149 e. The van der Waals surface area contributed by atoms with E-state index < -0.39 is 0 Å². The number of hydrogen-bond donors (Lipinski definition) is 0. The number of nitrogens with zero attached hydrogens (tertiary/aromatic N) is 2. The largest absolute Gasteiger partial charge is 0.455 e.